The third-order valence-corrected chi connectivity index (χ3v) is 3.65. The molecule has 2 aromatic carbocycles. The van der Waals surface area contributed by atoms with E-state index < -0.39 is 0 Å². The van der Waals surface area contributed by atoms with Gasteiger partial charge in [-0.05, 0) is 39.2 Å². The maximum Gasteiger partial charge on any atom is 0.133 e. The predicted molar refractivity (Wildman–Crippen MR) is 82.6 cm³/mol. The lowest BCUT2D eigenvalue weighted by Crippen LogP contribution is -2.22. The lowest BCUT2D eigenvalue weighted by atomic mass is 9.98. The lowest BCUT2D eigenvalue weighted by molar-refractivity contribution is 0.412. The van der Waals surface area contributed by atoms with Crippen LogP contribution in [0.25, 0.3) is 0 Å². The Morgan fingerprint density at radius 2 is 1.95 bits per heavy atom. The summed E-state index contributed by atoms with van der Waals surface area (Å²) in [6.45, 7) is 0.295. The summed E-state index contributed by atoms with van der Waals surface area (Å²) in [5, 5.41) is 12.0. The van der Waals surface area contributed by atoms with E-state index in [0.29, 0.717) is 6.54 Å². The van der Waals surface area contributed by atoms with Crippen molar-refractivity contribution in [2.24, 2.45) is 0 Å². The van der Waals surface area contributed by atoms with E-state index >= 15 is 0 Å². The molecule has 0 saturated carbocycles. The molecule has 0 amide bonds. The van der Waals surface area contributed by atoms with E-state index in [9.17, 15) is 0 Å². The van der Waals surface area contributed by atoms with Crippen LogP contribution in [0.1, 0.15) is 17.2 Å². The molecule has 0 spiro atoms. The molecule has 0 aromatic heterocycles. The molecule has 0 aliphatic heterocycles. The quantitative estimate of drug-likeness (QED) is 0.851. The third-order valence-electron chi connectivity index (χ3n) is 3.03. The Hall–Kier alpha value is -1.83. The molecule has 2 rings (SSSR count). The van der Waals surface area contributed by atoms with Crippen molar-refractivity contribution in [1.29, 1.82) is 5.26 Å². The van der Waals surface area contributed by atoms with Crippen LogP contribution in [0.15, 0.2) is 53.0 Å². The Morgan fingerprint density at radius 1 is 1.20 bits per heavy atom. The van der Waals surface area contributed by atoms with Crippen molar-refractivity contribution in [3.8, 4) is 11.8 Å². The van der Waals surface area contributed by atoms with E-state index in [4.69, 9.17) is 10.00 Å². The van der Waals surface area contributed by atoms with Gasteiger partial charge in [0, 0.05) is 0 Å². The first-order chi connectivity index (χ1) is 9.76. The van der Waals surface area contributed by atoms with Crippen LogP contribution in [0.5, 0.6) is 5.75 Å². The molecule has 3 nitrogen and oxygen atoms in total. The minimum absolute atomic E-state index is 0.0157. The Labute approximate surface area is 127 Å². The number of ether oxygens (including phenoxy) is 1. The van der Waals surface area contributed by atoms with Gasteiger partial charge in [-0.2, -0.15) is 5.26 Å². The maximum absolute atomic E-state index is 8.80. The smallest absolute Gasteiger partial charge is 0.133 e. The highest BCUT2D eigenvalue weighted by Crippen LogP contribution is 2.30. The van der Waals surface area contributed by atoms with Crippen molar-refractivity contribution in [1.82, 2.24) is 5.32 Å². The predicted octanol–water partition coefficient (Wildman–Crippen LogP) is 3.66. The van der Waals surface area contributed by atoms with Gasteiger partial charge < -0.3 is 4.74 Å². The van der Waals surface area contributed by atoms with Crippen LogP contribution in [-0.4, -0.2) is 13.7 Å². The van der Waals surface area contributed by atoms with Crippen molar-refractivity contribution in [2.45, 2.75) is 6.04 Å². The summed E-state index contributed by atoms with van der Waals surface area (Å²) in [5.74, 6) is 0.792. The molecule has 0 saturated heterocycles. The largest absolute Gasteiger partial charge is 0.496 e. The molecule has 102 valence electrons. The zero-order chi connectivity index (χ0) is 14.4. The summed E-state index contributed by atoms with van der Waals surface area (Å²) in [6, 6.07) is 18.1. The molecule has 0 unspecified atom stereocenters. The molecule has 20 heavy (non-hydrogen) atoms. The Balaban J connectivity index is 2.36. The molecule has 0 bridgehead atoms. The first-order valence-corrected chi connectivity index (χ1v) is 7.04. The number of methoxy groups -OCH3 is 1. The van der Waals surface area contributed by atoms with Crippen LogP contribution in [0, 0.1) is 11.3 Å². The van der Waals surface area contributed by atoms with Crippen LogP contribution in [0.3, 0.4) is 0 Å². The van der Waals surface area contributed by atoms with Gasteiger partial charge in [0.2, 0.25) is 0 Å². The average Bonchev–Trinajstić information content (AvgIpc) is 2.49. The van der Waals surface area contributed by atoms with Crippen molar-refractivity contribution in [3.05, 3.63) is 64.1 Å². The molecule has 4 heteroatoms. The molecule has 0 aliphatic carbocycles. The molecule has 0 aliphatic rings. The van der Waals surface area contributed by atoms with Gasteiger partial charge in [0.05, 0.1) is 30.2 Å². The van der Waals surface area contributed by atoms with Gasteiger partial charge in [-0.15, -0.1) is 0 Å². The van der Waals surface area contributed by atoms with E-state index in [1.165, 1.54) is 0 Å². The lowest BCUT2D eigenvalue weighted by Gasteiger charge is -2.19. The second-order valence-electron chi connectivity index (χ2n) is 4.28. The SMILES string of the molecule is COc1ccc([C@@H](NCC#N)c2ccccc2)cc1Br. The molecular formula is C16H15BrN2O. The highest BCUT2D eigenvalue weighted by atomic mass is 79.9. The minimum atomic E-state index is -0.0157. The van der Waals surface area contributed by atoms with Gasteiger partial charge >= 0.3 is 0 Å². The number of hydrogen-bond donors (Lipinski definition) is 1. The first-order valence-electron chi connectivity index (χ1n) is 6.25. The number of hydrogen-bond acceptors (Lipinski definition) is 3. The second kappa shape index (κ2) is 7.09. The Kier molecular flexibility index (Phi) is 5.16. The number of nitrogens with one attached hydrogen (secondary N) is 1. The summed E-state index contributed by atoms with van der Waals surface area (Å²) in [5.41, 5.74) is 2.21. The van der Waals surface area contributed by atoms with Crippen LogP contribution >= 0.6 is 15.9 Å². The van der Waals surface area contributed by atoms with Crippen molar-refractivity contribution in [3.63, 3.8) is 0 Å². The van der Waals surface area contributed by atoms with E-state index in [0.717, 1.165) is 21.3 Å². The number of nitrogens with zero attached hydrogens (tertiary/aromatic N) is 1. The fourth-order valence-corrected chi connectivity index (χ4v) is 2.64. The van der Waals surface area contributed by atoms with Crippen LogP contribution in [-0.2, 0) is 0 Å². The van der Waals surface area contributed by atoms with E-state index in [2.05, 4.69) is 27.3 Å². The standard InChI is InChI=1S/C16H15BrN2O/c1-20-15-8-7-13(11-14(15)17)16(19-10-9-18)12-5-3-2-4-6-12/h2-8,11,16,19H,10H2,1H3/t16-/m0/s1. The second-order valence-corrected chi connectivity index (χ2v) is 5.13. The highest BCUT2D eigenvalue weighted by molar-refractivity contribution is 9.10. The number of nitriles is 1. The average molecular weight is 331 g/mol. The van der Waals surface area contributed by atoms with Gasteiger partial charge in [-0.1, -0.05) is 36.4 Å². The molecule has 2 aromatic rings. The summed E-state index contributed by atoms with van der Waals surface area (Å²) >= 11 is 3.50. The molecule has 0 heterocycles. The fraction of sp³-hybridized carbons (Fsp3) is 0.188. The minimum Gasteiger partial charge on any atom is -0.496 e. The summed E-state index contributed by atoms with van der Waals surface area (Å²) in [6.07, 6.45) is 0. The zero-order valence-electron chi connectivity index (χ0n) is 11.1. The van der Waals surface area contributed by atoms with Gasteiger partial charge in [0.1, 0.15) is 5.75 Å². The first kappa shape index (κ1) is 14.6. The van der Waals surface area contributed by atoms with E-state index in [1.807, 2.05) is 48.5 Å². The fourth-order valence-electron chi connectivity index (χ4n) is 2.08. The van der Waals surface area contributed by atoms with Crippen molar-refractivity contribution in [2.75, 3.05) is 13.7 Å². The van der Waals surface area contributed by atoms with Crippen LogP contribution in [0.2, 0.25) is 0 Å². The van der Waals surface area contributed by atoms with E-state index in [1.54, 1.807) is 7.11 Å². The topological polar surface area (TPSA) is 45.0 Å². The molecule has 1 N–H and O–H groups in total. The normalized spacial score (nSPS) is 11.7. The summed E-state index contributed by atoms with van der Waals surface area (Å²) < 4.78 is 6.15. The number of benzene rings is 2. The molecule has 0 radical (unpaired) electrons. The van der Waals surface area contributed by atoms with Crippen molar-refractivity contribution < 1.29 is 4.74 Å². The molecule has 0 fully saturated rings. The summed E-state index contributed by atoms with van der Waals surface area (Å²) in [4.78, 5) is 0. The Bertz CT molecular complexity index is 608. The highest BCUT2D eigenvalue weighted by Gasteiger charge is 2.14. The third kappa shape index (κ3) is 3.38. The maximum atomic E-state index is 8.80. The summed E-state index contributed by atoms with van der Waals surface area (Å²) in [7, 11) is 1.64. The van der Waals surface area contributed by atoms with Crippen LogP contribution < -0.4 is 10.1 Å². The van der Waals surface area contributed by atoms with E-state index in [-0.39, 0.29) is 6.04 Å². The van der Waals surface area contributed by atoms with Crippen LogP contribution in [0.4, 0.5) is 0 Å². The number of rotatable bonds is 5. The molecule has 1 atom stereocenters. The van der Waals surface area contributed by atoms with Gasteiger partial charge in [0.15, 0.2) is 0 Å². The van der Waals surface area contributed by atoms with Crippen molar-refractivity contribution >= 4 is 15.9 Å². The Morgan fingerprint density at radius 3 is 2.55 bits per heavy atom. The molecular weight excluding hydrogens is 316 g/mol. The zero-order valence-corrected chi connectivity index (χ0v) is 12.7. The monoisotopic (exact) mass is 330 g/mol. The van der Waals surface area contributed by atoms with Gasteiger partial charge in [-0.3, -0.25) is 5.32 Å². The number of halogens is 1. The van der Waals surface area contributed by atoms with Gasteiger partial charge in [0.25, 0.3) is 0 Å². The van der Waals surface area contributed by atoms with Gasteiger partial charge in [-0.25, -0.2) is 0 Å².